The van der Waals surface area contributed by atoms with Crippen LogP contribution in [0, 0.1) is 0 Å². The molecule has 1 N–H and O–H groups in total. The molecule has 0 aliphatic rings. The number of hydrogen-bond acceptors (Lipinski definition) is 2. The van der Waals surface area contributed by atoms with E-state index in [0.717, 1.165) is 6.07 Å². The van der Waals surface area contributed by atoms with E-state index in [4.69, 9.17) is 0 Å². The van der Waals surface area contributed by atoms with Crippen molar-refractivity contribution < 1.29 is 30.5 Å². The van der Waals surface area contributed by atoms with Gasteiger partial charge in [0.2, 0.25) is 0 Å². The number of fused-ring (bicyclic) bond motifs is 1. The van der Waals surface area contributed by atoms with Crippen LogP contribution in [0.1, 0.15) is 5.56 Å². The third kappa shape index (κ3) is 3.16. The molecule has 8 heteroatoms. The molecule has 0 unspecified atom stereocenters. The molecule has 0 spiro atoms. The minimum atomic E-state index is -4.84. The summed E-state index contributed by atoms with van der Waals surface area (Å²) in [7, 11) is -4.84. The average molecular weight is 322 g/mol. The second-order valence-corrected chi connectivity index (χ2v) is 5.85. The minimum Gasteiger partial charge on any atom is -0.282 e. The Hall–Kier alpha value is -1.67. The molecule has 0 fully saturated rings. The van der Waals surface area contributed by atoms with Crippen molar-refractivity contribution in [2.75, 3.05) is 0 Å². The Balaban J connectivity index is 2.70. The maximum absolute atomic E-state index is 13.2. The molecule has 2 rings (SSSR count). The molecule has 0 bridgehead atoms. The second-order valence-electron chi connectivity index (χ2n) is 4.49. The average Bonchev–Trinajstić information content (AvgIpc) is 2.36. The van der Waals surface area contributed by atoms with Crippen LogP contribution in [-0.2, 0) is 16.5 Å². The summed E-state index contributed by atoms with van der Waals surface area (Å²) >= 11 is 0. The molecule has 114 valence electrons. The Labute approximate surface area is 117 Å². The van der Waals surface area contributed by atoms with E-state index in [0.29, 0.717) is 5.39 Å². The van der Waals surface area contributed by atoms with E-state index in [1.54, 1.807) is 6.07 Å². The Bertz CT molecular complexity index is 772. The molecule has 0 aliphatic carbocycles. The molecular formula is C13H10F4O3S. The van der Waals surface area contributed by atoms with Gasteiger partial charge in [0, 0.05) is 11.8 Å². The van der Waals surface area contributed by atoms with E-state index in [9.17, 15) is 30.5 Å². The Kier molecular flexibility index (Phi) is 3.94. The maximum Gasteiger partial charge on any atom is 0.311 e. The van der Waals surface area contributed by atoms with Crippen LogP contribution in [0.2, 0.25) is 0 Å². The summed E-state index contributed by atoms with van der Waals surface area (Å²) in [4.78, 5) is -0.763. The van der Waals surface area contributed by atoms with Gasteiger partial charge < -0.3 is 0 Å². The van der Waals surface area contributed by atoms with E-state index in [1.165, 1.54) is 24.3 Å². The molecule has 0 aliphatic heterocycles. The number of alkyl halides is 4. The number of hydrogen-bond donors (Lipinski definition) is 1. The normalized spacial score (nSPS) is 13.0. The molecule has 0 radical (unpaired) electrons. The van der Waals surface area contributed by atoms with Gasteiger partial charge in [-0.05, 0) is 10.9 Å². The summed E-state index contributed by atoms with van der Waals surface area (Å²) in [6.07, 6.45) is -5.41. The van der Waals surface area contributed by atoms with Crippen molar-refractivity contribution in [3.63, 3.8) is 0 Å². The van der Waals surface area contributed by atoms with Crippen LogP contribution in [0.4, 0.5) is 17.6 Å². The van der Waals surface area contributed by atoms with Gasteiger partial charge in [-0.15, -0.1) is 0 Å². The van der Waals surface area contributed by atoms with Crippen molar-refractivity contribution in [3.8, 4) is 0 Å². The van der Waals surface area contributed by atoms with E-state index >= 15 is 0 Å². The molecule has 2 aromatic carbocycles. The quantitative estimate of drug-likeness (QED) is 0.692. The highest BCUT2D eigenvalue weighted by Gasteiger charge is 2.42. The van der Waals surface area contributed by atoms with Gasteiger partial charge >= 0.3 is 12.3 Å². The predicted octanol–water partition coefficient (Wildman–Crippen LogP) is 3.53. The first-order chi connectivity index (χ1) is 9.63. The molecule has 21 heavy (non-hydrogen) atoms. The summed E-state index contributed by atoms with van der Waals surface area (Å²) in [5.41, 5.74) is -0.554. The Morgan fingerprint density at radius 1 is 1.10 bits per heavy atom. The van der Waals surface area contributed by atoms with Crippen molar-refractivity contribution in [2.45, 2.75) is 23.7 Å². The van der Waals surface area contributed by atoms with Crippen LogP contribution >= 0.6 is 0 Å². The standard InChI is InChI=1S/C13H10F4O3S/c14-12(15)13(16,17)7-9-6-5-8-3-1-2-4-10(8)11(9)21(18,19)20/h1-6,12H,7H2,(H,18,19,20). The molecule has 3 nitrogen and oxygen atoms in total. The smallest absolute Gasteiger partial charge is 0.282 e. The van der Waals surface area contributed by atoms with Gasteiger partial charge in [-0.1, -0.05) is 36.4 Å². The molecule has 0 heterocycles. The fourth-order valence-electron chi connectivity index (χ4n) is 2.06. The first-order valence-corrected chi connectivity index (χ1v) is 7.21. The lowest BCUT2D eigenvalue weighted by atomic mass is 10.0. The SMILES string of the molecule is O=S(=O)(O)c1c(CC(F)(F)C(F)F)ccc2ccccc12. The molecule has 0 saturated carbocycles. The zero-order valence-corrected chi connectivity index (χ0v) is 11.2. The summed E-state index contributed by atoms with van der Waals surface area (Å²) < 4.78 is 83.0. The zero-order valence-electron chi connectivity index (χ0n) is 10.4. The summed E-state index contributed by atoms with van der Waals surface area (Å²) in [6.45, 7) is 0. The lowest BCUT2D eigenvalue weighted by molar-refractivity contribution is -0.127. The molecule has 0 atom stereocenters. The first-order valence-electron chi connectivity index (χ1n) is 5.77. The van der Waals surface area contributed by atoms with Crippen molar-refractivity contribution in [1.29, 1.82) is 0 Å². The van der Waals surface area contributed by atoms with Crippen LogP contribution < -0.4 is 0 Å². The van der Waals surface area contributed by atoms with Crippen molar-refractivity contribution in [1.82, 2.24) is 0 Å². The molecule has 0 amide bonds. The monoisotopic (exact) mass is 322 g/mol. The van der Waals surface area contributed by atoms with Crippen LogP contribution in [0.15, 0.2) is 41.3 Å². The number of halogens is 4. The highest BCUT2D eigenvalue weighted by atomic mass is 32.2. The van der Waals surface area contributed by atoms with Crippen molar-refractivity contribution in [3.05, 3.63) is 42.0 Å². The summed E-state index contributed by atoms with van der Waals surface area (Å²) in [5, 5.41) is 0.386. The summed E-state index contributed by atoms with van der Waals surface area (Å²) in [6, 6.07) is 8.19. The Morgan fingerprint density at radius 3 is 2.29 bits per heavy atom. The fourth-order valence-corrected chi connectivity index (χ4v) is 3.00. The van der Waals surface area contributed by atoms with Crippen molar-refractivity contribution >= 4 is 20.9 Å². The van der Waals surface area contributed by atoms with Gasteiger partial charge in [0.05, 0.1) is 0 Å². The Morgan fingerprint density at radius 2 is 1.71 bits per heavy atom. The summed E-state index contributed by atoms with van der Waals surface area (Å²) in [5.74, 6) is -4.39. The van der Waals surface area contributed by atoms with E-state index in [1.807, 2.05) is 0 Å². The number of rotatable bonds is 4. The van der Waals surface area contributed by atoms with E-state index < -0.39 is 39.3 Å². The van der Waals surface area contributed by atoms with Gasteiger partial charge in [-0.25, -0.2) is 8.78 Å². The molecule has 2 aromatic rings. The van der Waals surface area contributed by atoms with Crippen LogP contribution in [0.5, 0.6) is 0 Å². The first kappa shape index (κ1) is 15.7. The third-order valence-electron chi connectivity index (χ3n) is 2.96. The van der Waals surface area contributed by atoms with E-state index in [2.05, 4.69) is 0 Å². The lowest BCUT2D eigenvalue weighted by Crippen LogP contribution is -2.29. The van der Waals surface area contributed by atoms with E-state index in [-0.39, 0.29) is 5.39 Å². The van der Waals surface area contributed by atoms with Crippen molar-refractivity contribution in [2.24, 2.45) is 0 Å². The molecular weight excluding hydrogens is 312 g/mol. The maximum atomic E-state index is 13.2. The van der Waals surface area contributed by atoms with Gasteiger partial charge in [0.1, 0.15) is 4.90 Å². The van der Waals surface area contributed by atoms with Crippen LogP contribution in [-0.4, -0.2) is 25.3 Å². The zero-order chi connectivity index (χ0) is 15.8. The second kappa shape index (κ2) is 5.27. The topological polar surface area (TPSA) is 54.4 Å². The minimum absolute atomic E-state index is 0.00238. The van der Waals surface area contributed by atoms with Gasteiger partial charge in [-0.2, -0.15) is 17.2 Å². The van der Waals surface area contributed by atoms with Crippen LogP contribution in [0.25, 0.3) is 10.8 Å². The predicted molar refractivity (Wildman–Crippen MR) is 68.4 cm³/mol. The largest absolute Gasteiger partial charge is 0.311 e. The third-order valence-corrected chi connectivity index (χ3v) is 3.96. The fraction of sp³-hybridized carbons (Fsp3) is 0.231. The lowest BCUT2D eigenvalue weighted by Gasteiger charge is -2.17. The van der Waals surface area contributed by atoms with Gasteiger partial charge in [-0.3, -0.25) is 4.55 Å². The highest BCUT2D eigenvalue weighted by Crippen LogP contribution is 2.33. The molecule has 0 aromatic heterocycles. The molecule has 0 saturated heterocycles. The van der Waals surface area contributed by atoms with Gasteiger partial charge in [0.15, 0.2) is 0 Å². The number of benzene rings is 2. The van der Waals surface area contributed by atoms with Crippen LogP contribution in [0.3, 0.4) is 0 Å². The highest BCUT2D eigenvalue weighted by molar-refractivity contribution is 7.86. The van der Waals surface area contributed by atoms with Gasteiger partial charge in [0.25, 0.3) is 10.1 Å².